The van der Waals surface area contributed by atoms with Gasteiger partial charge in [-0.1, -0.05) is 11.7 Å². The number of carbonyl (C=O) groups is 4. The smallest absolute Gasteiger partial charge is 0.262 e. The van der Waals surface area contributed by atoms with Gasteiger partial charge < -0.3 is 25.3 Å². The first-order valence-corrected chi connectivity index (χ1v) is 22.9. The number of carbonyl (C=O) groups excluding carboxylic acids is 4. The van der Waals surface area contributed by atoms with Gasteiger partial charge in [-0.05, 0) is 104 Å². The van der Waals surface area contributed by atoms with Gasteiger partial charge in [-0.15, -0.1) is 0 Å². The SMILES string of the molecule is C=C1CCC(N2C(=O)c3ccc(N4CCC(CN5CC(N6CCN(c7cc(-c8n[nH]c9ccc(NC(=O)C%10=C(C)N(C)c%11nnnn%11[C@@H]%10C)cc89)ccn7)CC6)C5)CC4)cc3C2=O)C(=O)N1. The van der Waals surface area contributed by atoms with E-state index in [-0.39, 0.29) is 17.9 Å². The van der Waals surface area contributed by atoms with Gasteiger partial charge in [0.25, 0.3) is 17.7 Å². The number of fused-ring (bicyclic) bond motifs is 3. The van der Waals surface area contributed by atoms with Crippen LogP contribution in [0.2, 0.25) is 0 Å². The fourth-order valence-electron chi connectivity index (χ4n) is 10.7. The van der Waals surface area contributed by atoms with Crippen molar-refractivity contribution in [2.45, 2.75) is 57.7 Å². The van der Waals surface area contributed by atoms with Gasteiger partial charge in [0.15, 0.2) is 0 Å². The molecule has 0 aliphatic carbocycles. The Kier molecular flexibility index (Phi) is 10.4. The summed E-state index contributed by atoms with van der Waals surface area (Å²) in [5.74, 6) is 0.782. The van der Waals surface area contributed by atoms with Crippen LogP contribution >= 0.6 is 0 Å². The normalized spacial score (nSPS) is 22.3. The lowest BCUT2D eigenvalue weighted by Crippen LogP contribution is -2.63. The third-order valence-electron chi connectivity index (χ3n) is 14.7. The summed E-state index contributed by atoms with van der Waals surface area (Å²) in [6, 6.07) is 14.8. The van der Waals surface area contributed by atoms with E-state index in [4.69, 9.17) is 10.1 Å². The Labute approximate surface area is 381 Å². The number of allylic oxidation sites excluding steroid dienone is 2. The monoisotopic (exact) mass is 891 g/mol. The van der Waals surface area contributed by atoms with Crippen molar-refractivity contribution in [1.82, 2.24) is 55.4 Å². The number of piperazine rings is 1. The van der Waals surface area contributed by atoms with Crippen LogP contribution < -0.4 is 25.3 Å². The van der Waals surface area contributed by atoms with Gasteiger partial charge >= 0.3 is 0 Å². The molecule has 1 unspecified atom stereocenters. The number of pyridine rings is 1. The van der Waals surface area contributed by atoms with Gasteiger partial charge in [-0.25, -0.2) is 9.67 Å². The number of aromatic nitrogens is 7. The van der Waals surface area contributed by atoms with Crippen LogP contribution in [0.4, 0.5) is 23.1 Å². The second-order valence-corrected chi connectivity index (χ2v) is 18.5. The molecule has 6 aliphatic rings. The van der Waals surface area contributed by atoms with E-state index < -0.39 is 17.9 Å². The van der Waals surface area contributed by atoms with Crippen molar-refractivity contribution >= 4 is 57.7 Å². The molecule has 19 nitrogen and oxygen atoms in total. The molecule has 9 heterocycles. The number of H-pyrrole nitrogens is 1. The van der Waals surface area contributed by atoms with Crippen LogP contribution in [-0.2, 0) is 9.59 Å². The summed E-state index contributed by atoms with van der Waals surface area (Å²) < 4.78 is 1.65. The maximum Gasteiger partial charge on any atom is 0.262 e. The van der Waals surface area contributed by atoms with Gasteiger partial charge in [0, 0.05) is 112 Å². The van der Waals surface area contributed by atoms with E-state index >= 15 is 0 Å². The average molecular weight is 892 g/mol. The molecule has 4 fully saturated rings. The molecule has 5 aromatic rings. The van der Waals surface area contributed by atoms with Gasteiger partial charge in [-0.2, -0.15) is 5.10 Å². The number of benzene rings is 2. The van der Waals surface area contributed by atoms with Crippen molar-refractivity contribution in [3.05, 3.63) is 89.4 Å². The topological polar surface area (TPSA) is 197 Å². The number of anilines is 4. The van der Waals surface area contributed by atoms with Gasteiger partial charge in [0.05, 0.1) is 28.3 Å². The number of hydrogen-bond donors (Lipinski definition) is 3. The Morgan fingerprint density at radius 3 is 2.48 bits per heavy atom. The molecule has 66 heavy (non-hydrogen) atoms. The number of imide groups is 1. The predicted molar refractivity (Wildman–Crippen MR) is 248 cm³/mol. The number of hydrogen-bond acceptors (Lipinski definition) is 14. The van der Waals surface area contributed by atoms with Crippen molar-refractivity contribution in [1.29, 1.82) is 0 Å². The first-order chi connectivity index (χ1) is 32.0. The number of tetrazole rings is 1. The Morgan fingerprint density at radius 2 is 1.70 bits per heavy atom. The zero-order valence-electron chi connectivity index (χ0n) is 37.4. The first-order valence-electron chi connectivity index (χ1n) is 22.9. The highest BCUT2D eigenvalue weighted by molar-refractivity contribution is 6.23. The fraction of sp³-hybridized carbons (Fsp3) is 0.426. The van der Waals surface area contributed by atoms with E-state index in [1.807, 2.05) is 68.4 Å². The van der Waals surface area contributed by atoms with E-state index in [9.17, 15) is 19.2 Å². The van der Waals surface area contributed by atoms with Crippen LogP contribution in [0.1, 0.15) is 66.3 Å². The molecule has 4 saturated heterocycles. The molecule has 0 spiro atoms. The number of likely N-dealkylation sites (tertiary alicyclic amines) is 1. The van der Waals surface area contributed by atoms with E-state index in [0.717, 1.165) is 116 Å². The molecule has 0 bridgehead atoms. The molecule has 0 saturated carbocycles. The molecule has 340 valence electrons. The van der Waals surface area contributed by atoms with Crippen LogP contribution in [0.3, 0.4) is 0 Å². The summed E-state index contributed by atoms with van der Waals surface area (Å²) in [6.45, 7) is 16.4. The first kappa shape index (κ1) is 41.7. The molecule has 3 aromatic heterocycles. The van der Waals surface area contributed by atoms with Crippen molar-refractivity contribution in [3.8, 4) is 11.3 Å². The molecule has 4 amide bonds. The standard InChI is InChI=1S/C47H53N15O4/c1-27-5-10-39(43(63)49-27)61-45(65)35-8-7-33(23-36(35)46(61)66)58-15-12-30(13-16-58)24-57-25-34(26-57)59-17-19-60(20-18-59)40-21-31(11-14-48-40)42-37-22-32(6-9-38(37)51-52-42)50-44(64)41-28(2)56(4)47-53-54-55-62(47)29(41)3/h6-9,11,14,21-23,29-30,34,39H,1,5,10,12-13,15-20,24-26H2,2-4H3,(H,49,63)(H,50,64)(H,51,52)/t29-,39?/m1/s1. The lowest BCUT2D eigenvalue weighted by Gasteiger charge is -2.49. The Bertz CT molecular complexity index is 2830. The van der Waals surface area contributed by atoms with Gasteiger partial charge in [0.1, 0.15) is 17.6 Å². The summed E-state index contributed by atoms with van der Waals surface area (Å²) in [4.78, 5) is 70.6. The minimum Gasteiger partial charge on any atom is -0.371 e. The quantitative estimate of drug-likeness (QED) is 0.182. The van der Waals surface area contributed by atoms with Gasteiger partial charge in [0.2, 0.25) is 11.9 Å². The van der Waals surface area contributed by atoms with Crippen molar-refractivity contribution in [2.24, 2.45) is 5.92 Å². The largest absolute Gasteiger partial charge is 0.371 e. The molecule has 2 aromatic carbocycles. The zero-order valence-corrected chi connectivity index (χ0v) is 37.4. The summed E-state index contributed by atoms with van der Waals surface area (Å²) in [6.07, 6.45) is 4.92. The number of piperidine rings is 2. The number of aromatic amines is 1. The van der Waals surface area contributed by atoms with Gasteiger partial charge in [-0.3, -0.25) is 39.0 Å². The summed E-state index contributed by atoms with van der Waals surface area (Å²) in [7, 11) is 1.85. The number of amides is 4. The van der Waals surface area contributed by atoms with Crippen molar-refractivity contribution in [3.63, 3.8) is 0 Å². The van der Waals surface area contributed by atoms with Crippen LogP contribution in [0, 0.1) is 5.92 Å². The molecule has 6 aliphatic heterocycles. The summed E-state index contributed by atoms with van der Waals surface area (Å²) in [5.41, 5.74) is 6.99. The molecule has 19 heteroatoms. The molecule has 0 radical (unpaired) electrons. The minimum absolute atomic E-state index is 0.210. The molecular formula is C47H53N15O4. The third kappa shape index (κ3) is 7.25. The van der Waals surface area contributed by atoms with E-state index in [2.05, 4.69) is 63.5 Å². The maximum absolute atomic E-state index is 13.7. The number of nitrogens with one attached hydrogen (secondary N) is 3. The van der Waals surface area contributed by atoms with Crippen LogP contribution in [0.15, 0.2) is 78.3 Å². The summed E-state index contributed by atoms with van der Waals surface area (Å²) in [5, 5.41) is 26.6. The molecule has 11 rings (SSSR count). The average Bonchev–Trinajstić information content (AvgIpc) is 4.04. The van der Waals surface area contributed by atoms with Crippen molar-refractivity contribution in [2.75, 3.05) is 86.0 Å². The van der Waals surface area contributed by atoms with Crippen LogP contribution in [0.25, 0.3) is 22.2 Å². The molecule has 2 atom stereocenters. The maximum atomic E-state index is 13.7. The van der Waals surface area contributed by atoms with E-state index in [0.29, 0.717) is 58.8 Å². The Hall–Kier alpha value is -6.99. The second-order valence-electron chi connectivity index (χ2n) is 18.5. The summed E-state index contributed by atoms with van der Waals surface area (Å²) >= 11 is 0. The van der Waals surface area contributed by atoms with Crippen LogP contribution in [-0.4, -0.2) is 152 Å². The predicted octanol–water partition coefficient (Wildman–Crippen LogP) is 3.65. The highest BCUT2D eigenvalue weighted by atomic mass is 16.2. The lowest BCUT2D eigenvalue weighted by atomic mass is 9.93. The number of rotatable bonds is 9. The van der Waals surface area contributed by atoms with Crippen LogP contribution in [0.5, 0.6) is 0 Å². The van der Waals surface area contributed by atoms with Crippen molar-refractivity contribution < 1.29 is 19.2 Å². The fourth-order valence-corrected chi connectivity index (χ4v) is 10.7. The highest BCUT2D eigenvalue weighted by Crippen LogP contribution is 2.36. The Morgan fingerprint density at radius 1 is 0.909 bits per heavy atom. The second kappa shape index (κ2) is 16.5. The highest BCUT2D eigenvalue weighted by Gasteiger charge is 2.44. The van der Waals surface area contributed by atoms with E-state index in [1.54, 1.807) is 10.7 Å². The number of nitrogens with zero attached hydrogens (tertiary/aromatic N) is 12. The molecular weight excluding hydrogens is 839 g/mol. The van der Waals surface area contributed by atoms with E-state index in [1.165, 1.54) is 0 Å². The third-order valence-corrected chi connectivity index (χ3v) is 14.7. The lowest BCUT2D eigenvalue weighted by molar-refractivity contribution is -0.125. The zero-order chi connectivity index (χ0) is 45.4. The minimum atomic E-state index is -0.808. The Balaban J connectivity index is 0.655. The molecule has 3 N–H and O–H groups in total.